The number of aliphatic hydroxyl groups excluding tert-OH is 1. The minimum absolute atomic E-state index is 0. The Balaban J connectivity index is 0.00000132. The highest BCUT2D eigenvalue weighted by Crippen LogP contribution is 2.20. The van der Waals surface area contributed by atoms with Crippen molar-refractivity contribution in [1.29, 1.82) is 0 Å². The third kappa shape index (κ3) is 4.67. The van der Waals surface area contributed by atoms with Gasteiger partial charge in [0.25, 0.3) is 0 Å². The van der Waals surface area contributed by atoms with Crippen LogP contribution in [0.3, 0.4) is 0 Å². The number of nitrogens with zero attached hydrogens (tertiary/aromatic N) is 4. The van der Waals surface area contributed by atoms with Gasteiger partial charge in [-0.1, -0.05) is 6.92 Å². The van der Waals surface area contributed by atoms with Crippen LogP contribution >= 0.6 is 36.3 Å². The number of aliphatic hydroxyl groups is 1. The van der Waals surface area contributed by atoms with E-state index in [1.165, 1.54) is 11.5 Å². The first-order chi connectivity index (χ1) is 10.2. The average molecular weight is 384 g/mol. The zero-order valence-electron chi connectivity index (χ0n) is 13.0. The number of hydrogen-bond acceptors (Lipinski definition) is 7. The van der Waals surface area contributed by atoms with Gasteiger partial charge in [-0.15, -0.1) is 24.8 Å². The maximum Gasteiger partial charge on any atom is 0.239 e. The summed E-state index contributed by atoms with van der Waals surface area (Å²) in [6.45, 7) is 5.55. The van der Waals surface area contributed by atoms with Crippen molar-refractivity contribution in [3.05, 3.63) is 5.82 Å². The largest absolute Gasteiger partial charge is 0.392 e. The van der Waals surface area contributed by atoms with Crippen LogP contribution in [0.2, 0.25) is 0 Å². The van der Waals surface area contributed by atoms with E-state index >= 15 is 0 Å². The van der Waals surface area contributed by atoms with Crippen LogP contribution in [-0.4, -0.2) is 70.1 Å². The third-order valence-electron chi connectivity index (χ3n) is 4.04. The summed E-state index contributed by atoms with van der Waals surface area (Å²) in [4.78, 5) is 20.9. The highest BCUT2D eigenvalue weighted by atomic mass is 35.5. The highest BCUT2D eigenvalue weighted by Gasteiger charge is 2.33. The Morgan fingerprint density at radius 2 is 2.04 bits per heavy atom. The molecular weight excluding hydrogens is 361 g/mol. The van der Waals surface area contributed by atoms with Gasteiger partial charge in [0.2, 0.25) is 11.0 Å². The maximum absolute atomic E-state index is 12.3. The standard InChI is InChI=1S/C13H21N5O2S.2ClH/c1-2-11-15-13(21-16-11)18-5-3-17(4-6-18)12(20)10-7-9(19)8-14-10;;/h9-10,14,19H,2-8H2,1H3;2*1H. The molecule has 23 heavy (non-hydrogen) atoms. The van der Waals surface area contributed by atoms with Crippen LogP contribution in [0, 0.1) is 0 Å². The summed E-state index contributed by atoms with van der Waals surface area (Å²) in [5.74, 6) is 0.996. The highest BCUT2D eigenvalue weighted by molar-refractivity contribution is 7.09. The topological polar surface area (TPSA) is 81.6 Å². The van der Waals surface area contributed by atoms with E-state index in [0.29, 0.717) is 26.1 Å². The fourth-order valence-electron chi connectivity index (χ4n) is 2.76. The van der Waals surface area contributed by atoms with Gasteiger partial charge >= 0.3 is 0 Å². The number of carbonyl (C=O) groups is 1. The van der Waals surface area contributed by atoms with Crippen molar-refractivity contribution in [2.45, 2.75) is 31.9 Å². The molecule has 1 aromatic heterocycles. The molecule has 10 heteroatoms. The summed E-state index contributed by atoms with van der Waals surface area (Å²) in [6.07, 6.45) is 0.981. The molecule has 2 fully saturated rings. The van der Waals surface area contributed by atoms with Crippen LogP contribution in [0.4, 0.5) is 5.13 Å². The number of nitrogens with one attached hydrogen (secondary N) is 1. The number of carbonyl (C=O) groups excluding carboxylic acids is 1. The van der Waals surface area contributed by atoms with Crippen LogP contribution in [0.5, 0.6) is 0 Å². The normalized spacial score (nSPS) is 24.1. The number of amides is 1. The fraction of sp³-hybridized carbons (Fsp3) is 0.769. The predicted octanol–water partition coefficient (Wildman–Crippen LogP) is 0.315. The Kier molecular flexibility index (Phi) is 7.96. The lowest BCUT2D eigenvalue weighted by molar-refractivity contribution is -0.133. The zero-order valence-corrected chi connectivity index (χ0v) is 15.4. The summed E-state index contributed by atoms with van der Waals surface area (Å²) in [6, 6.07) is -0.222. The molecule has 2 aliphatic heterocycles. The van der Waals surface area contributed by atoms with Gasteiger partial charge in [0.1, 0.15) is 5.82 Å². The summed E-state index contributed by atoms with van der Waals surface area (Å²) in [7, 11) is 0. The molecule has 0 aliphatic carbocycles. The molecule has 2 N–H and O–H groups in total. The molecular formula is C13H23Cl2N5O2S. The van der Waals surface area contributed by atoms with Gasteiger partial charge in [0, 0.05) is 50.7 Å². The van der Waals surface area contributed by atoms with Gasteiger partial charge in [-0.25, -0.2) is 4.98 Å². The third-order valence-corrected chi connectivity index (χ3v) is 4.86. The van der Waals surface area contributed by atoms with E-state index in [9.17, 15) is 9.90 Å². The Morgan fingerprint density at radius 3 is 2.57 bits per heavy atom. The van der Waals surface area contributed by atoms with Crippen LogP contribution in [0.1, 0.15) is 19.2 Å². The average Bonchev–Trinajstić information content (AvgIpc) is 3.15. The van der Waals surface area contributed by atoms with Crippen molar-refractivity contribution in [3.8, 4) is 0 Å². The molecule has 0 aromatic carbocycles. The Labute approximate surface area is 152 Å². The molecule has 7 nitrogen and oxygen atoms in total. The second-order valence-electron chi connectivity index (χ2n) is 5.51. The van der Waals surface area contributed by atoms with E-state index in [4.69, 9.17) is 0 Å². The number of anilines is 1. The molecule has 3 heterocycles. The van der Waals surface area contributed by atoms with E-state index in [-0.39, 0.29) is 36.8 Å². The van der Waals surface area contributed by atoms with Crippen molar-refractivity contribution in [2.75, 3.05) is 37.6 Å². The lowest BCUT2D eigenvalue weighted by Crippen LogP contribution is -2.53. The molecule has 2 unspecified atom stereocenters. The number of hydrogen-bond donors (Lipinski definition) is 2. The number of rotatable bonds is 3. The van der Waals surface area contributed by atoms with Crippen molar-refractivity contribution < 1.29 is 9.90 Å². The summed E-state index contributed by atoms with van der Waals surface area (Å²) in [5.41, 5.74) is 0. The molecule has 2 saturated heterocycles. The molecule has 2 aliphatic rings. The maximum atomic E-state index is 12.3. The van der Waals surface area contributed by atoms with Crippen molar-refractivity contribution in [2.24, 2.45) is 0 Å². The van der Waals surface area contributed by atoms with Crippen molar-refractivity contribution >= 4 is 47.4 Å². The van der Waals surface area contributed by atoms with Gasteiger partial charge in [-0.2, -0.15) is 4.37 Å². The minimum Gasteiger partial charge on any atom is -0.392 e. The lowest BCUT2D eigenvalue weighted by Gasteiger charge is -2.35. The number of piperazine rings is 1. The molecule has 0 saturated carbocycles. The van der Waals surface area contributed by atoms with Gasteiger partial charge in [0.15, 0.2) is 0 Å². The zero-order chi connectivity index (χ0) is 14.8. The molecule has 1 amide bonds. The van der Waals surface area contributed by atoms with Gasteiger partial charge < -0.3 is 20.2 Å². The second-order valence-corrected chi connectivity index (χ2v) is 6.24. The quantitative estimate of drug-likeness (QED) is 0.781. The van der Waals surface area contributed by atoms with E-state index in [2.05, 4.69) is 19.6 Å². The molecule has 0 radical (unpaired) electrons. The molecule has 3 rings (SSSR count). The fourth-order valence-corrected chi connectivity index (χ4v) is 3.56. The Morgan fingerprint density at radius 1 is 1.35 bits per heavy atom. The second kappa shape index (κ2) is 8.98. The molecule has 0 spiro atoms. The smallest absolute Gasteiger partial charge is 0.239 e. The number of halogens is 2. The van der Waals surface area contributed by atoms with Crippen LogP contribution in [-0.2, 0) is 11.2 Å². The number of β-amino-alcohol motifs (C(OH)–C–C–N with tert-alkyl or cyclic N) is 1. The predicted molar refractivity (Wildman–Crippen MR) is 95.0 cm³/mol. The van der Waals surface area contributed by atoms with Crippen LogP contribution in [0.25, 0.3) is 0 Å². The Bertz CT molecular complexity index is 510. The van der Waals surface area contributed by atoms with Crippen LogP contribution < -0.4 is 10.2 Å². The Hall–Kier alpha value is -0.670. The van der Waals surface area contributed by atoms with E-state index in [0.717, 1.165) is 30.5 Å². The summed E-state index contributed by atoms with van der Waals surface area (Å²) >= 11 is 1.43. The SMILES string of the molecule is CCc1nsc(N2CCN(C(=O)C3CC(O)CN3)CC2)n1.Cl.Cl. The van der Waals surface area contributed by atoms with E-state index in [1.807, 2.05) is 11.8 Å². The van der Waals surface area contributed by atoms with Crippen molar-refractivity contribution in [1.82, 2.24) is 19.6 Å². The summed E-state index contributed by atoms with van der Waals surface area (Å²) < 4.78 is 4.31. The summed E-state index contributed by atoms with van der Waals surface area (Å²) in [5, 5.41) is 13.5. The van der Waals surface area contributed by atoms with Gasteiger partial charge in [-0.3, -0.25) is 4.79 Å². The van der Waals surface area contributed by atoms with Gasteiger partial charge in [-0.05, 0) is 6.42 Å². The molecule has 2 atom stereocenters. The number of aryl methyl sites for hydroxylation is 1. The van der Waals surface area contributed by atoms with Crippen molar-refractivity contribution in [3.63, 3.8) is 0 Å². The molecule has 1 aromatic rings. The van der Waals surface area contributed by atoms with E-state index in [1.54, 1.807) is 0 Å². The monoisotopic (exact) mass is 383 g/mol. The van der Waals surface area contributed by atoms with Gasteiger partial charge in [0.05, 0.1) is 12.1 Å². The molecule has 132 valence electrons. The first-order valence-electron chi connectivity index (χ1n) is 7.45. The number of aromatic nitrogens is 2. The van der Waals surface area contributed by atoms with Crippen LogP contribution in [0.15, 0.2) is 0 Å². The molecule has 0 bridgehead atoms. The minimum atomic E-state index is -0.394. The van der Waals surface area contributed by atoms with E-state index < -0.39 is 6.10 Å². The first-order valence-corrected chi connectivity index (χ1v) is 8.22. The lowest BCUT2D eigenvalue weighted by atomic mass is 10.1. The first kappa shape index (κ1) is 20.4.